The fourth-order valence-electron chi connectivity index (χ4n) is 3.22. The minimum Gasteiger partial charge on any atom is -0.481 e. The smallest absolute Gasteiger partial charge is 0.408 e. The van der Waals surface area contributed by atoms with E-state index in [1.807, 2.05) is 42.5 Å². The van der Waals surface area contributed by atoms with Gasteiger partial charge in [0.15, 0.2) is 0 Å². The summed E-state index contributed by atoms with van der Waals surface area (Å²) in [4.78, 5) is 48.0. The second-order valence-electron chi connectivity index (χ2n) is 8.83. The molecule has 0 saturated carbocycles. The Balaban J connectivity index is 1.90. The van der Waals surface area contributed by atoms with Crippen LogP contribution in [0.3, 0.4) is 0 Å². The van der Waals surface area contributed by atoms with Crippen LogP contribution < -0.4 is 16.0 Å². The summed E-state index contributed by atoms with van der Waals surface area (Å²) in [5, 5.41) is 18.9. The van der Waals surface area contributed by atoms with Crippen molar-refractivity contribution >= 4 is 34.6 Å². The summed E-state index contributed by atoms with van der Waals surface area (Å²) < 4.78 is 5.09. The van der Waals surface area contributed by atoms with Crippen LogP contribution in [-0.4, -0.2) is 46.7 Å². The zero-order chi connectivity index (χ0) is 24.6. The highest BCUT2D eigenvalue weighted by atomic mass is 16.6. The van der Waals surface area contributed by atoms with Crippen LogP contribution >= 0.6 is 0 Å². The summed E-state index contributed by atoms with van der Waals surface area (Å²) in [5.74, 6) is -2.24. The molecular weight excluding hydrogens is 426 g/mol. The Hall–Kier alpha value is -3.62. The Morgan fingerprint density at radius 3 is 2.30 bits per heavy atom. The maximum absolute atomic E-state index is 12.5. The van der Waals surface area contributed by atoms with Crippen LogP contribution in [0.2, 0.25) is 0 Å². The largest absolute Gasteiger partial charge is 0.481 e. The molecule has 0 radical (unpaired) electrons. The van der Waals surface area contributed by atoms with E-state index in [1.54, 1.807) is 27.7 Å². The van der Waals surface area contributed by atoms with Gasteiger partial charge in [0, 0.05) is 19.0 Å². The first-order valence-corrected chi connectivity index (χ1v) is 10.7. The topological polar surface area (TPSA) is 134 Å². The summed E-state index contributed by atoms with van der Waals surface area (Å²) in [6, 6.07) is 11.8. The Kier molecular flexibility index (Phi) is 8.78. The van der Waals surface area contributed by atoms with Crippen LogP contribution in [0, 0.1) is 0 Å². The molecule has 2 aromatic rings. The molecule has 2 rings (SSSR count). The Bertz CT molecular complexity index is 1010. The monoisotopic (exact) mass is 457 g/mol. The van der Waals surface area contributed by atoms with Crippen molar-refractivity contribution < 1.29 is 29.0 Å². The van der Waals surface area contributed by atoms with Crippen molar-refractivity contribution in [3.05, 3.63) is 48.0 Å². The number of nitrogens with one attached hydrogen (secondary N) is 3. The number of carbonyl (C=O) groups excluding carboxylic acids is 3. The predicted molar refractivity (Wildman–Crippen MR) is 123 cm³/mol. The van der Waals surface area contributed by atoms with Gasteiger partial charge in [-0.25, -0.2) is 4.79 Å². The molecule has 2 atom stereocenters. The molecule has 3 amide bonds. The van der Waals surface area contributed by atoms with Crippen LogP contribution in [0.5, 0.6) is 0 Å². The number of benzene rings is 2. The number of fused-ring (bicyclic) bond motifs is 1. The third kappa shape index (κ3) is 8.80. The lowest BCUT2D eigenvalue weighted by molar-refractivity contribution is -0.140. The number of hydrogen-bond acceptors (Lipinski definition) is 5. The molecule has 0 aliphatic carbocycles. The molecule has 0 fully saturated rings. The highest BCUT2D eigenvalue weighted by Gasteiger charge is 2.27. The molecule has 4 N–H and O–H groups in total. The number of ether oxygens (including phenoxy) is 1. The number of alkyl carbamates (subject to hydrolysis) is 1. The van der Waals surface area contributed by atoms with Gasteiger partial charge in [0.2, 0.25) is 11.8 Å². The van der Waals surface area contributed by atoms with E-state index in [1.165, 1.54) is 0 Å². The fraction of sp³-hybridized carbons (Fsp3) is 0.417. The number of carboxylic acids is 1. The quantitative estimate of drug-likeness (QED) is 0.457. The van der Waals surface area contributed by atoms with Gasteiger partial charge in [0.25, 0.3) is 0 Å². The van der Waals surface area contributed by atoms with Crippen molar-refractivity contribution in [2.24, 2.45) is 0 Å². The third-order valence-electron chi connectivity index (χ3n) is 4.62. The van der Waals surface area contributed by atoms with Crippen molar-refractivity contribution in [3.63, 3.8) is 0 Å². The van der Waals surface area contributed by atoms with E-state index in [-0.39, 0.29) is 12.3 Å². The van der Waals surface area contributed by atoms with Gasteiger partial charge in [-0.05, 0) is 44.0 Å². The van der Waals surface area contributed by atoms with Gasteiger partial charge in [-0.15, -0.1) is 0 Å². The Labute approximate surface area is 192 Å². The number of aliphatic carboxylic acids is 1. The van der Waals surface area contributed by atoms with Gasteiger partial charge in [0.05, 0.1) is 6.42 Å². The molecule has 9 heteroatoms. The molecule has 0 saturated heterocycles. The lowest BCUT2D eigenvalue weighted by atomic mass is 10.0. The lowest BCUT2D eigenvalue weighted by Crippen LogP contribution is -2.51. The first-order valence-electron chi connectivity index (χ1n) is 10.7. The van der Waals surface area contributed by atoms with Crippen molar-refractivity contribution in [1.82, 2.24) is 16.0 Å². The lowest BCUT2D eigenvalue weighted by Gasteiger charge is -2.23. The van der Waals surface area contributed by atoms with Crippen LogP contribution in [0.4, 0.5) is 4.79 Å². The zero-order valence-electron chi connectivity index (χ0n) is 19.3. The van der Waals surface area contributed by atoms with E-state index >= 15 is 0 Å². The molecule has 2 aromatic carbocycles. The number of carbonyl (C=O) groups is 4. The molecule has 178 valence electrons. The molecule has 0 unspecified atom stereocenters. The average Bonchev–Trinajstić information content (AvgIpc) is 2.69. The first kappa shape index (κ1) is 25.6. The van der Waals surface area contributed by atoms with Crippen molar-refractivity contribution in [1.29, 1.82) is 0 Å². The van der Waals surface area contributed by atoms with Gasteiger partial charge in [-0.2, -0.15) is 0 Å². The SMILES string of the molecule is C[C@@H](CC(=O)NCc1cccc2ccccc12)NC(=O)[C@H](CC(=O)O)NC(=O)OC(C)(C)C. The highest BCUT2D eigenvalue weighted by Crippen LogP contribution is 2.18. The average molecular weight is 458 g/mol. The van der Waals surface area contributed by atoms with Gasteiger partial charge in [-0.3, -0.25) is 14.4 Å². The fourth-order valence-corrected chi connectivity index (χ4v) is 3.22. The molecule has 9 nitrogen and oxygen atoms in total. The first-order chi connectivity index (χ1) is 15.4. The number of amides is 3. The van der Waals surface area contributed by atoms with Gasteiger partial charge in [-0.1, -0.05) is 42.5 Å². The minimum absolute atomic E-state index is 0.0112. The molecule has 0 aliphatic heterocycles. The maximum atomic E-state index is 12.5. The molecule has 0 aromatic heterocycles. The van der Waals surface area contributed by atoms with Crippen LogP contribution in [-0.2, 0) is 25.7 Å². The molecule has 0 heterocycles. The van der Waals surface area contributed by atoms with Gasteiger partial charge in [0.1, 0.15) is 11.6 Å². The van der Waals surface area contributed by atoms with Crippen LogP contribution in [0.25, 0.3) is 10.8 Å². The van der Waals surface area contributed by atoms with E-state index in [2.05, 4.69) is 16.0 Å². The number of hydrogen-bond donors (Lipinski definition) is 4. The van der Waals surface area contributed by atoms with Crippen LogP contribution in [0.1, 0.15) is 46.1 Å². The summed E-state index contributed by atoms with van der Waals surface area (Å²) in [7, 11) is 0. The summed E-state index contributed by atoms with van der Waals surface area (Å²) in [6.07, 6.45) is -1.53. The predicted octanol–water partition coefficient (Wildman–Crippen LogP) is 2.72. The van der Waals surface area contributed by atoms with Gasteiger partial charge >= 0.3 is 12.1 Å². The number of rotatable bonds is 9. The normalized spacial score (nSPS) is 13.0. The van der Waals surface area contributed by atoms with Crippen molar-refractivity contribution in [2.45, 2.75) is 64.8 Å². The standard InChI is InChI=1S/C24H31N3O6/c1-15(26-22(31)19(13-21(29)30)27-23(32)33-24(2,3)4)12-20(28)25-14-17-10-7-9-16-8-5-6-11-18(16)17/h5-11,15,19H,12-14H2,1-4H3,(H,25,28)(H,26,31)(H,27,32)(H,29,30)/t15-,19-/m0/s1. The minimum atomic E-state index is -1.33. The highest BCUT2D eigenvalue weighted by molar-refractivity contribution is 5.90. The van der Waals surface area contributed by atoms with E-state index in [4.69, 9.17) is 9.84 Å². The molecule has 0 aliphatic rings. The Morgan fingerprint density at radius 2 is 1.64 bits per heavy atom. The van der Waals surface area contributed by atoms with E-state index in [9.17, 15) is 19.2 Å². The number of carboxylic acid groups (broad SMARTS) is 1. The summed E-state index contributed by atoms with van der Waals surface area (Å²) >= 11 is 0. The second-order valence-corrected chi connectivity index (χ2v) is 8.83. The molecular formula is C24H31N3O6. The second kappa shape index (κ2) is 11.3. The van der Waals surface area contributed by atoms with E-state index in [0.29, 0.717) is 6.54 Å². The third-order valence-corrected chi connectivity index (χ3v) is 4.62. The molecule has 0 bridgehead atoms. The van der Waals surface area contributed by atoms with E-state index < -0.39 is 42.1 Å². The van der Waals surface area contributed by atoms with Gasteiger partial charge < -0.3 is 25.8 Å². The van der Waals surface area contributed by atoms with Crippen LogP contribution in [0.15, 0.2) is 42.5 Å². The Morgan fingerprint density at radius 1 is 0.970 bits per heavy atom. The summed E-state index contributed by atoms with van der Waals surface area (Å²) in [5.41, 5.74) is 0.172. The molecule has 33 heavy (non-hydrogen) atoms. The van der Waals surface area contributed by atoms with E-state index in [0.717, 1.165) is 16.3 Å². The maximum Gasteiger partial charge on any atom is 0.408 e. The summed E-state index contributed by atoms with van der Waals surface area (Å²) in [6.45, 7) is 6.91. The van der Waals surface area contributed by atoms with Crippen molar-refractivity contribution in [2.75, 3.05) is 0 Å². The molecule has 0 spiro atoms. The zero-order valence-corrected chi connectivity index (χ0v) is 19.3. The van der Waals surface area contributed by atoms with Crippen molar-refractivity contribution in [3.8, 4) is 0 Å².